The number of alkyl halides is 3. The highest BCUT2D eigenvalue weighted by Gasteiger charge is 2.60. The lowest BCUT2D eigenvalue weighted by Gasteiger charge is -2.30. The molecule has 0 bridgehead atoms. The second-order valence-electron chi connectivity index (χ2n) is 3.95. The third kappa shape index (κ3) is 2.11. The van der Waals surface area contributed by atoms with Gasteiger partial charge in [-0.3, -0.25) is 0 Å². The maximum Gasteiger partial charge on any atom is 0.429 e. The lowest BCUT2D eigenvalue weighted by molar-refractivity contribution is -0.251. The number of rotatable bonds is 1. The molecule has 1 aliphatic rings. The first-order chi connectivity index (χ1) is 7.84. The molecule has 0 heterocycles. The van der Waals surface area contributed by atoms with Crippen molar-refractivity contribution >= 4 is 17.0 Å². The monoisotopic (exact) mass is 264 g/mol. The molecule has 0 fully saturated rings. The molecule has 2 rings (SSSR count). The SMILES string of the molecule is O=C(Cl)OC1(C(F)(F)F)Cc2ccccc2C1. The van der Waals surface area contributed by atoms with Crippen molar-refractivity contribution in [2.75, 3.05) is 0 Å². The average molecular weight is 265 g/mol. The second-order valence-corrected chi connectivity index (χ2v) is 4.26. The number of ether oxygens (including phenoxy) is 1. The molecular formula is C11H8ClF3O2. The second kappa shape index (κ2) is 3.91. The van der Waals surface area contributed by atoms with Gasteiger partial charge in [0, 0.05) is 24.4 Å². The van der Waals surface area contributed by atoms with Crippen molar-refractivity contribution < 1.29 is 22.7 Å². The van der Waals surface area contributed by atoms with Gasteiger partial charge >= 0.3 is 11.6 Å². The molecule has 0 N–H and O–H groups in total. The van der Waals surface area contributed by atoms with Crippen LogP contribution in [-0.4, -0.2) is 17.2 Å². The van der Waals surface area contributed by atoms with Gasteiger partial charge < -0.3 is 4.74 Å². The van der Waals surface area contributed by atoms with Gasteiger partial charge in [0.15, 0.2) is 0 Å². The minimum Gasteiger partial charge on any atom is -0.437 e. The largest absolute Gasteiger partial charge is 0.437 e. The summed E-state index contributed by atoms with van der Waals surface area (Å²) in [6.07, 6.45) is -5.41. The van der Waals surface area contributed by atoms with Gasteiger partial charge in [0.05, 0.1) is 0 Å². The van der Waals surface area contributed by atoms with Gasteiger partial charge in [0.25, 0.3) is 0 Å². The van der Waals surface area contributed by atoms with Gasteiger partial charge in [0.1, 0.15) is 0 Å². The van der Waals surface area contributed by atoms with Crippen LogP contribution in [0.5, 0.6) is 0 Å². The van der Waals surface area contributed by atoms with E-state index >= 15 is 0 Å². The molecule has 0 saturated heterocycles. The van der Waals surface area contributed by atoms with Crippen molar-refractivity contribution in [3.63, 3.8) is 0 Å². The minimum atomic E-state index is -4.64. The molecule has 0 radical (unpaired) electrons. The molecule has 0 saturated carbocycles. The highest BCUT2D eigenvalue weighted by atomic mass is 35.5. The Hall–Kier alpha value is -1.23. The van der Waals surface area contributed by atoms with Gasteiger partial charge in [-0.15, -0.1) is 0 Å². The van der Waals surface area contributed by atoms with Crippen molar-refractivity contribution in [2.45, 2.75) is 24.6 Å². The molecule has 0 amide bonds. The van der Waals surface area contributed by atoms with E-state index in [-0.39, 0.29) is 12.8 Å². The van der Waals surface area contributed by atoms with Crippen LogP contribution in [0.1, 0.15) is 11.1 Å². The van der Waals surface area contributed by atoms with Crippen molar-refractivity contribution in [3.8, 4) is 0 Å². The van der Waals surface area contributed by atoms with E-state index in [0.29, 0.717) is 11.1 Å². The van der Waals surface area contributed by atoms with Crippen LogP contribution in [0, 0.1) is 0 Å². The summed E-state index contributed by atoms with van der Waals surface area (Å²) in [5.41, 5.74) is -2.89. The Kier molecular flexibility index (Phi) is 2.81. The Morgan fingerprint density at radius 3 is 2.06 bits per heavy atom. The fourth-order valence-corrected chi connectivity index (χ4v) is 2.21. The van der Waals surface area contributed by atoms with Crippen molar-refractivity contribution in [2.24, 2.45) is 0 Å². The summed E-state index contributed by atoms with van der Waals surface area (Å²) in [6, 6.07) is 6.47. The van der Waals surface area contributed by atoms with E-state index in [0.717, 1.165) is 0 Å². The van der Waals surface area contributed by atoms with Gasteiger partial charge in [0.2, 0.25) is 5.60 Å². The molecule has 92 valence electrons. The van der Waals surface area contributed by atoms with Crippen LogP contribution >= 0.6 is 11.6 Å². The predicted molar refractivity (Wildman–Crippen MR) is 55.0 cm³/mol. The van der Waals surface area contributed by atoms with Crippen LogP contribution in [0.25, 0.3) is 0 Å². The third-order valence-electron chi connectivity index (χ3n) is 2.86. The van der Waals surface area contributed by atoms with Gasteiger partial charge in [-0.1, -0.05) is 24.3 Å². The number of fused-ring (bicyclic) bond motifs is 1. The maximum atomic E-state index is 13.0. The fraction of sp³-hybridized carbons (Fsp3) is 0.364. The van der Waals surface area contributed by atoms with Crippen LogP contribution in [0.4, 0.5) is 18.0 Å². The van der Waals surface area contributed by atoms with E-state index in [1.807, 2.05) is 0 Å². The number of benzene rings is 1. The summed E-state index contributed by atoms with van der Waals surface area (Å²) in [6.45, 7) is 0. The normalized spacial score (nSPS) is 17.6. The number of hydrogen-bond acceptors (Lipinski definition) is 2. The first-order valence-electron chi connectivity index (χ1n) is 4.86. The zero-order valence-electron chi connectivity index (χ0n) is 8.55. The number of halogens is 4. The maximum absolute atomic E-state index is 13.0. The highest BCUT2D eigenvalue weighted by Crippen LogP contribution is 2.44. The average Bonchev–Trinajstić information content (AvgIpc) is 2.54. The van der Waals surface area contributed by atoms with E-state index in [4.69, 9.17) is 11.6 Å². The van der Waals surface area contributed by atoms with Crippen molar-refractivity contribution in [1.82, 2.24) is 0 Å². The molecule has 0 aliphatic heterocycles. The Morgan fingerprint density at radius 1 is 1.24 bits per heavy atom. The number of hydrogen-bond donors (Lipinski definition) is 0. The van der Waals surface area contributed by atoms with E-state index in [2.05, 4.69) is 4.74 Å². The molecule has 2 nitrogen and oxygen atoms in total. The van der Waals surface area contributed by atoms with Crippen LogP contribution in [0.2, 0.25) is 0 Å². The summed E-state index contributed by atoms with van der Waals surface area (Å²) in [5.74, 6) is 0. The molecule has 0 spiro atoms. The predicted octanol–water partition coefficient (Wildman–Crippen LogP) is 3.46. The molecule has 0 aromatic heterocycles. The summed E-state index contributed by atoms with van der Waals surface area (Å²) in [4.78, 5) is 10.6. The molecule has 6 heteroatoms. The van der Waals surface area contributed by atoms with Gasteiger partial charge in [-0.25, -0.2) is 4.79 Å². The first-order valence-corrected chi connectivity index (χ1v) is 5.24. The van der Waals surface area contributed by atoms with E-state index in [1.54, 1.807) is 24.3 Å². The fourth-order valence-electron chi connectivity index (χ4n) is 2.06. The molecule has 1 aliphatic carbocycles. The first kappa shape index (κ1) is 12.2. The smallest absolute Gasteiger partial charge is 0.429 e. The zero-order chi connectivity index (χ0) is 12.7. The van der Waals surface area contributed by atoms with E-state index < -0.39 is 17.2 Å². The Bertz CT molecular complexity index is 431. The highest BCUT2D eigenvalue weighted by molar-refractivity contribution is 6.61. The lowest BCUT2D eigenvalue weighted by atomic mass is 9.99. The van der Waals surface area contributed by atoms with Gasteiger partial charge in [-0.2, -0.15) is 13.2 Å². The molecule has 1 aromatic carbocycles. The number of carbonyl (C=O) groups is 1. The molecule has 0 atom stereocenters. The van der Waals surface area contributed by atoms with Crippen LogP contribution in [0.3, 0.4) is 0 Å². The summed E-state index contributed by atoms with van der Waals surface area (Å²) in [5, 5.41) is 0. The topological polar surface area (TPSA) is 26.3 Å². The summed E-state index contributed by atoms with van der Waals surface area (Å²) < 4.78 is 43.4. The lowest BCUT2D eigenvalue weighted by Crippen LogP contribution is -2.49. The summed E-state index contributed by atoms with van der Waals surface area (Å²) >= 11 is 4.94. The van der Waals surface area contributed by atoms with E-state index in [1.165, 1.54) is 0 Å². The zero-order valence-corrected chi connectivity index (χ0v) is 9.31. The standard InChI is InChI=1S/C11H8ClF3O2/c12-9(16)17-10(11(13,14)15)5-7-3-1-2-4-8(7)6-10/h1-4H,5-6H2. The Balaban J connectivity index is 2.38. The minimum absolute atomic E-state index is 0.384. The van der Waals surface area contributed by atoms with Crippen molar-refractivity contribution in [1.29, 1.82) is 0 Å². The third-order valence-corrected chi connectivity index (χ3v) is 2.94. The quantitative estimate of drug-likeness (QED) is 0.726. The van der Waals surface area contributed by atoms with Crippen LogP contribution in [-0.2, 0) is 17.6 Å². The molecular weight excluding hydrogens is 257 g/mol. The van der Waals surface area contributed by atoms with Crippen molar-refractivity contribution in [3.05, 3.63) is 35.4 Å². The van der Waals surface area contributed by atoms with Crippen LogP contribution < -0.4 is 0 Å². The Morgan fingerprint density at radius 2 is 1.71 bits per heavy atom. The molecule has 0 unspecified atom stereocenters. The number of carbonyl (C=O) groups excluding carboxylic acids is 1. The molecule has 1 aromatic rings. The molecule has 17 heavy (non-hydrogen) atoms. The van der Waals surface area contributed by atoms with Crippen LogP contribution in [0.15, 0.2) is 24.3 Å². The Labute approximate surface area is 100 Å². The van der Waals surface area contributed by atoms with E-state index in [9.17, 15) is 18.0 Å². The van der Waals surface area contributed by atoms with Gasteiger partial charge in [-0.05, 0) is 11.1 Å². The summed E-state index contributed by atoms with van der Waals surface area (Å²) in [7, 11) is 0.